The number of carbonyl (C=O) groups is 1. The molecule has 2 aromatic rings. The van der Waals surface area contributed by atoms with E-state index >= 15 is 0 Å². The van der Waals surface area contributed by atoms with Gasteiger partial charge in [0, 0.05) is 12.3 Å². The summed E-state index contributed by atoms with van der Waals surface area (Å²) < 4.78 is 32.4. The molecule has 0 unspecified atom stereocenters. The normalized spacial score (nSPS) is 30.5. The summed E-state index contributed by atoms with van der Waals surface area (Å²) in [5.41, 5.74) is -0.431. The first-order valence-corrected chi connectivity index (χ1v) is 12.4. The molecule has 2 aliphatic heterocycles. The number of cyclic esters (lactones) is 1. The van der Waals surface area contributed by atoms with E-state index < -0.39 is 54.8 Å². The Balaban J connectivity index is 1.52. The van der Waals surface area contributed by atoms with Gasteiger partial charge in [0.25, 0.3) is 0 Å². The summed E-state index contributed by atoms with van der Waals surface area (Å²) in [5, 5.41) is 51.2. The Morgan fingerprint density at radius 1 is 0.872 bits per heavy atom. The Kier molecular flexibility index (Phi) is 8.84. The topological polar surface area (TPSA) is 174 Å². The van der Waals surface area contributed by atoms with E-state index in [0.717, 1.165) is 5.56 Å². The van der Waals surface area contributed by atoms with Gasteiger partial charge in [-0.2, -0.15) is 0 Å². The van der Waals surface area contributed by atoms with Crippen LogP contribution in [0.25, 0.3) is 0 Å². The van der Waals surface area contributed by atoms with Crippen molar-refractivity contribution in [2.75, 3.05) is 34.5 Å². The quantitative estimate of drug-likeness (QED) is 0.242. The molecule has 2 aromatic carbocycles. The van der Waals surface area contributed by atoms with Gasteiger partial charge in [-0.05, 0) is 41.8 Å². The van der Waals surface area contributed by atoms with Crippen LogP contribution in [0.3, 0.4) is 0 Å². The Morgan fingerprint density at radius 2 is 1.49 bits per heavy atom. The van der Waals surface area contributed by atoms with Crippen LogP contribution in [0.2, 0.25) is 0 Å². The molecule has 0 bridgehead atoms. The van der Waals surface area contributed by atoms with E-state index in [9.17, 15) is 30.3 Å². The molecule has 2 heterocycles. The Labute approximate surface area is 225 Å². The van der Waals surface area contributed by atoms with Crippen LogP contribution in [-0.4, -0.2) is 102 Å². The molecule has 0 spiro atoms. The second-order valence-electron chi connectivity index (χ2n) is 9.59. The highest BCUT2D eigenvalue weighted by Crippen LogP contribution is 2.38. The molecular formula is C27H34O12. The van der Waals surface area contributed by atoms with E-state index in [0.29, 0.717) is 23.5 Å². The summed E-state index contributed by atoms with van der Waals surface area (Å²) >= 11 is 0. The first kappa shape index (κ1) is 28.9. The average Bonchev–Trinajstić information content (AvgIpc) is 3.21. The second kappa shape index (κ2) is 11.9. The van der Waals surface area contributed by atoms with Crippen LogP contribution in [0.5, 0.6) is 23.0 Å². The summed E-state index contributed by atoms with van der Waals surface area (Å²) in [4.78, 5) is 12.7. The molecule has 2 aliphatic rings. The molecule has 214 valence electrons. The zero-order chi connectivity index (χ0) is 28.3. The van der Waals surface area contributed by atoms with Gasteiger partial charge in [0.2, 0.25) is 6.29 Å². The first-order chi connectivity index (χ1) is 18.6. The van der Waals surface area contributed by atoms with Gasteiger partial charge in [0.15, 0.2) is 28.6 Å². The van der Waals surface area contributed by atoms with Crippen LogP contribution in [0.15, 0.2) is 36.4 Å². The number of benzene rings is 2. The number of aliphatic hydroxyl groups excluding tert-OH is 4. The molecule has 0 radical (unpaired) electrons. The standard InChI is InChI=1S/C27H34O12/c1-34-17-6-4-14(9-19(17)35-2)8-16-13-37-26(32)27(16,33)11-15-5-7-18(20(10-15)36-3)38-25-24(31)23(30)22(29)21(12-28)39-25/h4-7,9-10,16,21-25,28-31,33H,8,11-13H2,1-3H3/t16-,21-,22+,23+,24+,25-,27-/m0/s1. The molecular weight excluding hydrogens is 516 g/mol. The van der Waals surface area contributed by atoms with Crippen molar-refractivity contribution in [2.45, 2.75) is 49.1 Å². The van der Waals surface area contributed by atoms with Gasteiger partial charge >= 0.3 is 5.97 Å². The molecule has 5 N–H and O–H groups in total. The maximum absolute atomic E-state index is 12.7. The number of rotatable bonds is 10. The van der Waals surface area contributed by atoms with Crippen molar-refractivity contribution in [1.82, 2.24) is 0 Å². The van der Waals surface area contributed by atoms with Crippen LogP contribution in [0.1, 0.15) is 11.1 Å². The molecule has 4 rings (SSSR count). The Morgan fingerprint density at radius 3 is 2.15 bits per heavy atom. The minimum absolute atomic E-state index is 0.0408. The molecule has 2 fully saturated rings. The monoisotopic (exact) mass is 550 g/mol. The predicted molar refractivity (Wildman–Crippen MR) is 134 cm³/mol. The lowest BCUT2D eigenvalue weighted by atomic mass is 9.81. The van der Waals surface area contributed by atoms with Crippen LogP contribution in [-0.2, 0) is 27.1 Å². The van der Waals surface area contributed by atoms with Gasteiger partial charge in [-0.3, -0.25) is 0 Å². The van der Waals surface area contributed by atoms with Gasteiger partial charge in [-0.25, -0.2) is 4.79 Å². The summed E-state index contributed by atoms with van der Waals surface area (Å²) in [6, 6.07) is 10.1. The van der Waals surface area contributed by atoms with Crippen LogP contribution < -0.4 is 18.9 Å². The average molecular weight is 551 g/mol. The van der Waals surface area contributed by atoms with E-state index in [1.807, 2.05) is 6.07 Å². The highest BCUT2D eigenvalue weighted by atomic mass is 16.7. The van der Waals surface area contributed by atoms with Crippen molar-refractivity contribution in [3.05, 3.63) is 47.5 Å². The predicted octanol–water partition coefficient (Wildman–Crippen LogP) is -0.420. The van der Waals surface area contributed by atoms with Gasteiger partial charge < -0.3 is 54.0 Å². The van der Waals surface area contributed by atoms with Crippen molar-refractivity contribution >= 4 is 5.97 Å². The number of hydrogen-bond donors (Lipinski definition) is 5. The van der Waals surface area contributed by atoms with Crippen LogP contribution in [0.4, 0.5) is 0 Å². The third-order valence-electron chi connectivity index (χ3n) is 7.17. The highest BCUT2D eigenvalue weighted by Gasteiger charge is 2.51. The summed E-state index contributed by atoms with van der Waals surface area (Å²) in [5.74, 6) is 0.161. The summed E-state index contributed by atoms with van der Waals surface area (Å²) in [6.45, 7) is -0.556. The van der Waals surface area contributed by atoms with Gasteiger partial charge in [0.1, 0.15) is 24.4 Å². The summed E-state index contributed by atoms with van der Waals surface area (Å²) in [6.07, 6.45) is -6.98. The lowest BCUT2D eigenvalue weighted by molar-refractivity contribution is -0.277. The Hall–Kier alpha value is -3.13. The molecule has 39 heavy (non-hydrogen) atoms. The molecule has 0 saturated carbocycles. The number of aliphatic hydroxyl groups is 5. The molecule has 0 amide bonds. The summed E-state index contributed by atoms with van der Waals surface area (Å²) in [7, 11) is 4.45. The van der Waals surface area contributed by atoms with Crippen LogP contribution in [0, 0.1) is 5.92 Å². The number of esters is 1. The second-order valence-corrected chi connectivity index (χ2v) is 9.59. The fourth-order valence-electron chi connectivity index (χ4n) is 4.86. The molecule has 2 saturated heterocycles. The molecule has 0 aliphatic carbocycles. The van der Waals surface area contributed by atoms with E-state index in [1.54, 1.807) is 24.3 Å². The van der Waals surface area contributed by atoms with Gasteiger partial charge in [0.05, 0.1) is 34.5 Å². The zero-order valence-electron chi connectivity index (χ0n) is 21.9. The van der Waals surface area contributed by atoms with Crippen molar-refractivity contribution in [2.24, 2.45) is 5.92 Å². The third-order valence-corrected chi connectivity index (χ3v) is 7.17. The van der Waals surface area contributed by atoms with E-state index in [2.05, 4.69) is 0 Å². The molecule has 7 atom stereocenters. The highest BCUT2D eigenvalue weighted by molar-refractivity contribution is 5.82. The molecule has 12 heteroatoms. The third kappa shape index (κ3) is 5.76. The first-order valence-electron chi connectivity index (χ1n) is 12.4. The smallest absolute Gasteiger partial charge is 0.338 e. The molecule has 12 nitrogen and oxygen atoms in total. The number of ether oxygens (including phenoxy) is 6. The van der Waals surface area contributed by atoms with Gasteiger partial charge in [-0.15, -0.1) is 0 Å². The van der Waals surface area contributed by atoms with Crippen molar-refractivity contribution in [1.29, 1.82) is 0 Å². The van der Waals surface area contributed by atoms with E-state index in [1.165, 1.54) is 27.4 Å². The lowest BCUT2D eigenvalue weighted by Gasteiger charge is -2.39. The van der Waals surface area contributed by atoms with Crippen molar-refractivity contribution in [3.63, 3.8) is 0 Å². The zero-order valence-corrected chi connectivity index (χ0v) is 21.9. The Bertz CT molecular complexity index is 1150. The molecule has 0 aromatic heterocycles. The minimum atomic E-state index is -1.81. The van der Waals surface area contributed by atoms with Gasteiger partial charge in [-0.1, -0.05) is 12.1 Å². The fourth-order valence-corrected chi connectivity index (χ4v) is 4.86. The SMILES string of the molecule is COc1ccc(C[C@H]2COC(=O)[C@]2(O)Cc2ccc(O[C@H]3O[C@@H](CO)[C@@H](O)[C@@H](O)[C@H]3O)c(OC)c2)cc1OC. The number of carbonyl (C=O) groups excluding carboxylic acids is 1. The van der Waals surface area contributed by atoms with E-state index in [4.69, 9.17) is 28.4 Å². The fraction of sp³-hybridized carbons (Fsp3) is 0.519. The minimum Gasteiger partial charge on any atom is -0.493 e. The van der Waals surface area contributed by atoms with Crippen LogP contribution >= 0.6 is 0 Å². The largest absolute Gasteiger partial charge is 0.493 e. The van der Waals surface area contributed by atoms with E-state index in [-0.39, 0.29) is 24.5 Å². The number of hydrogen-bond acceptors (Lipinski definition) is 12. The number of methoxy groups -OCH3 is 3. The van der Waals surface area contributed by atoms with Crippen molar-refractivity contribution in [3.8, 4) is 23.0 Å². The lowest BCUT2D eigenvalue weighted by Crippen LogP contribution is -2.60. The maximum atomic E-state index is 12.7. The maximum Gasteiger partial charge on any atom is 0.338 e. The van der Waals surface area contributed by atoms with Crippen molar-refractivity contribution < 1.29 is 58.7 Å².